The molecule has 4 rings (SSSR count). The van der Waals surface area contributed by atoms with Crippen molar-refractivity contribution >= 4 is 27.5 Å². The second kappa shape index (κ2) is 8.32. The van der Waals surface area contributed by atoms with Crippen molar-refractivity contribution in [3.8, 4) is 17.1 Å². The van der Waals surface area contributed by atoms with Crippen molar-refractivity contribution < 1.29 is 18.5 Å². The molecule has 0 radical (unpaired) electrons. The Kier molecular flexibility index (Phi) is 5.44. The molecule has 0 saturated carbocycles. The minimum absolute atomic E-state index is 0.185. The van der Waals surface area contributed by atoms with Crippen LogP contribution in [-0.4, -0.2) is 16.0 Å². The van der Waals surface area contributed by atoms with Crippen LogP contribution in [0, 0.1) is 6.92 Å². The summed E-state index contributed by atoms with van der Waals surface area (Å²) in [5.74, 6) is 1.48. The number of halogens is 1. The molecular weight excluding hydrogens is 438 g/mol. The minimum Gasteiger partial charge on any atom is -0.483 e. The molecule has 0 aliphatic rings. The number of carbonyl (C=O) groups is 1. The summed E-state index contributed by atoms with van der Waals surface area (Å²) in [7, 11) is 0. The number of rotatable bonds is 6. The number of aryl methyl sites for hydroxylation is 1. The maximum atomic E-state index is 12.1. The molecule has 7 nitrogen and oxygen atoms in total. The molecule has 0 atom stereocenters. The number of hydrogen-bond acceptors (Lipinski definition) is 6. The normalized spacial score (nSPS) is 10.7. The summed E-state index contributed by atoms with van der Waals surface area (Å²) in [5.41, 5.74) is 2.42. The van der Waals surface area contributed by atoms with E-state index in [1.165, 1.54) is 0 Å². The third kappa shape index (κ3) is 4.55. The Morgan fingerprint density at radius 1 is 1.10 bits per heavy atom. The van der Waals surface area contributed by atoms with E-state index in [0.29, 0.717) is 22.1 Å². The zero-order valence-electron chi connectivity index (χ0n) is 15.4. The second-order valence-electron chi connectivity index (χ2n) is 6.20. The van der Waals surface area contributed by atoms with Gasteiger partial charge in [0.15, 0.2) is 17.0 Å². The smallest absolute Gasteiger partial charge is 0.291 e. The van der Waals surface area contributed by atoms with Crippen LogP contribution in [0.3, 0.4) is 0 Å². The molecule has 29 heavy (non-hydrogen) atoms. The van der Waals surface area contributed by atoms with Crippen LogP contribution >= 0.6 is 15.9 Å². The quantitative estimate of drug-likeness (QED) is 0.429. The topological polar surface area (TPSA) is 90.4 Å². The van der Waals surface area contributed by atoms with Crippen molar-refractivity contribution in [3.63, 3.8) is 0 Å². The fourth-order valence-corrected chi connectivity index (χ4v) is 2.93. The first-order chi connectivity index (χ1) is 14.1. The number of aromatic nitrogens is 2. The summed E-state index contributed by atoms with van der Waals surface area (Å²) in [6, 6.07) is 18.1. The Morgan fingerprint density at radius 2 is 1.90 bits per heavy atom. The molecule has 2 aromatic carbocycles. The number of hydrogen-bond donors (Lipinski definition) is 1. The Hall–Kier alpha value is -3.39. The molecule has 8 heteroatoms. The van der Waals surface area contributed by atoms with Gasteiger partial charge in [-0.15, -0.1) is 0 Å². The number of furan rings is 1. The van der Waals surface area contributed by atoms with E-state index < -0.39 is 0 Å². The van der Waals surface area contributed by atoms with Crippen LogP contribution in [0.5, 0.6) is 5.75 Å². The molecule has 0 bridgehead atoms. The van der Waals surface area contributed by atoms with E-state index in [0.717, 1.165) is 16.9 Å². The van der Waals surface area contributed by atoms with Gasteiger partial charge in [0.1, 0.15) is 5.75 Å². The highest BCUT2D eigenvalue weighted by Gasteiger charge is 2.12. The number of benzene rings is 2. The SMILES string of the molecule is Cc1ccccc1OCc1nc(-c2ccc(NC(=O)c3ccc(Br)o3)cc2)no1. The largest absolute Gasteiger partial charge is 0.483 e. The Bertz CT molecular complexity index is 1130. The monoisotopic (exact) mass is 453 g/mol. The lowest BCUT2D eigenvalue weighted by Gasteiger charge is -2.05. The average molecular weight is 454 g/mol. The number of nitrogens with one attached hydrogen (secondary N) is 1. The molecule has 1 amide bonds. The highest BCUT2D eigenvalue weighted by Crippen LogP contribution is 2.22. The average Bonchev–Trinajstić information content (AvgIpc) is 3.37. The fourth-order valence-electron chi connectivity index (χ4n) is 2.62. The molecule has 0 unspecified atom stereocenters. The summed E-state index contributed by atoms with van der Waals surface area (Å²) in [6.45, 7) is 2.16. The molecule has 0 fully saturated rings. The van der Waals surface area contributed by atoms with Crippen LogP contribution in [0.15, 0.2) is 74.3 Å². The van der Waals surface area contributed by atoms with E-state index in [1.54, 1.807) is 36.4 Å². The van der Waals surface area contributed by atoms with Crippen molar-refractivity contribution in [1.82, 2.24) is 10.1 Å². The van der Waals surface area contributed by atoms with Crippen LogP contribution in [0.2, 0.25) is 0 Å². The van der Waals surface area contributed by atoms with Crippen molar-refractivity contribution in [3.05, 3.63) is 82.5 Å². The van der Waals surface area contributed by atoms with E-state index >= 15 is 0 Å². The van der Waals surface area contributed by atoms with Gasteiger partial charge < -0.3 is 19.0 Å². The number of ether oxygens (including phenoxy) is 1. The van der Waals surface area contributed by atoms with Crippen molar-refractivity contribution in [1.29, 1.82) is 0 Å². The van der Waals surface area contributed by atoms with Gasteiger partial charge >= 0.3 is 0 Å². The molecule has 0 spiro atoms. The predicted octanol–water partition coefficient (Wildman–Crippen LogP) is 5.23. The predicted molar refractivity (Wildman–Crippen MR) is 110 cm³/mol. The highest BCUT2D eigenvalue weighted by molar-refractivity contribution is 9.10. The van der Waals surface area contributed by atoms with Crippen LogP contribution in [0.4, 0.5) is 5.69 Å². The Labute approximate surface area is 174 Å². The molecular formula is C21H16BrN3O4. The third-order valence-electron chi connectivity index (χ3n) is 4.11. The van der Waals surface area contributed by atoms with Crippen molar-refractivity contribution in [2.24, 2.45) is 0 Å². The summed E-state index contributed by atoms with van der Waals surface area (Å²) in [4.78, 5) is 16.5. The summed E-state index contributed by atoms with van der Waals surface area (Å²) in [6.07, 6.45) is 0. The first-order valence-corrected chi connectivity index (χ1v) is 9.56. The first kappa shape index (κ1) is 18.9. The van der Waals surface area contributed by atoms with E-state index in [1.807, 2.05) is 31.2 Å². The van der Waals surface area contributed by atoms with Gasteiger partial charge in [0.25, 0.3) is 11.8 Å². The van der Waals surface area contributed by atoms with Gasteiger partial charge in [0, 0.05) is 11.3 Å². The van der Waals surface area contributed by atoms with E-state index in [-0.39, 0.29) is 18.3 Å². The van der Waals surface area contributed by atoms with Gasteiger partial charge in [0.2, 0.25) is 5.82 Å². The molecule has 2 aromatic heterocycles. The highest BCUT2D eigenvalue weighted by atomic mass is 79.9. The lowest BCUT2D eigenvalue weighted by Crippen LogP contribution is -2.10. The molecule has 0 aliphatic heterocycles. The molecule has 4 aromatic rings. The summed E-state index contributed by atoms with van der Waals surface area (Å²) < 4.78 is 16.7. The Balaban J connectivity index is 1.39. The maximum absolute atomic E-state index is 12.1. The molecule has 146 valence electrons. The first-order valence-electron chi connectivity index (χ1n) is 8.76. The third-order valence-corrected chi connectivity index (χ3v) is 4.54. The lowest BCUT2D eigenvalue weighted by atomic mass is 10.2. The van der Waals surface area contributed by atoms with Crippen LogP contribution < -0.4 is 10.1 Å². The molecule has 0 saturated heterocycles. The van der Waals surface area contributed by atoms with Crippen LogP contribution in [0.25, 0.3) is 11.4 Å². The maximum Gasteiger partial charge on any atom is 0.291 e. The van der Waals surface area contributed by atoms with E-state index in [2.05, 4.69) is 31.4 Å². The molecule has 0 aliphatic carbocycles. The fraction of sp³-hybridized carbons (Fsp3) is 0.0952. The number of para-hydroxylation sites is 1. The van der Waals surface area contributed by atoms with Crippen LogP contribution in [0.1, 0.15) is 22.0 Å². The van der Waals surface area contributed by atoms with Gasteiger partial charge in [0.05, 0.1) is 0 Å². The summed E-state index contributed by atoms with van der Waals surface area (Å²) in [5, 5.41) is 6.75. The molecule has 2 heterocycles. The zero-order chi connectivity index (χ0) is 20.2. The summed E-state index contributed by atoms with van der Waals surface area (Å²) >= 11 is 3.17. The standard InChI is InChI=1S/C21H16BrN3O4/c1-13-4-2-3-5-16(13)27-12-19-24-20(25-29-19)14-6-8-15(9-7-14)23-21(26)17-10-11-18(22)28-17/h2-11H,12H2,1H3,(H,23,26). The van der Waals surface area contributed by atoms with Gasteiger partial charge in [-0.2, -0.15) is 4.98 Å². The number of anilines is 1. The minimum atomic E-state index is -0.335. The van der Waals surface area contributed by atoms with Gasteiger partial charge in [-0.3, -0.25) is 4.79 Å². The van der Waals surface area contributed by atoms with Crippen molar-refractivity contribution in [2.45, 2.75) is 13.5 Å². The zero-order valence-corrected chi connectivity index (χ0v) is 17.0. The number of amides is 1. The number of carbonyl (C=O) groups excluding carboxylic acids is 1. The van der Waals surface area contributed by atoms with Crippen molar-refractivity contribution in [2.75, 3.05) is 5.32 Å². The van der Waals surface area contributed by atoms with Gasteiger partial charge in [-0.25, -0.2) is 0 Å². The Morgan fingerprint density at radius 3 is 2.62 bits per heavy atom. The van der Waals surface area contributed by atoms with Gasteiger partial charge in [-0.1, -0.05) is 23.4 Å². The molecule has 1 N–H and O–H groups in total. The number of nitrogens with zero attached hydrogens (tertiary/aromatic N) is 2. The van der Waals surface area contributed by atoms with E-state index in [9.17, 15) is 4.79 Å². The van der Waals surface area contributed by atoms with Gasteiger partial charge in [-0.05, 0) is 70.9 Å². The van der Waals surface area contributed by atoms with Crippen LogP contribution in [-0.2, 0) is 6.61 Å². The lowest BCUT2D eigenvalue weighted by molar-refractivity contribution is 0.0995. The van der Waals surface area contributed by atoms with E-state index in [4.69, 9.17) is 13.7 Å². The second-order valence-corrected chi connectivity index (χ2v) is 6.98.